The molecule has 0 spiro atoms. The largest absolute Gasteiger partial charge is 0.469 e. The fourth-order valence-electron chi connectivity index (χ4n) is 1.91. The van der Waals surface area contributed by atoms with Crippen LogP contribution in [0.1, 0.15) is 13.3 Å². The fourth-order valence-corrected chi connectivity index (χ4v) is 1.91. The van der Waals surface area contributed by atoms with Crippen molar-refractivity contribution in [3.05, 3.63) is 29.8 Å². The first-order chi connectivity index (χ1) is 9.43. The van der Waals surface area contributed by atoms with E-state index in [0.29, 0.717) is 11.8 Å². The Labute approximate surface area is 113 Å². The monoisotopic (exact) mass is 282 g/mol. The number of benzene rings is 1. The molecule has 1 aliphatic heterocycles. The van der Waals surface area contributed by atoms with Crippen LogP contribution in [0.3, 0.4) is 0 Å². The summed E-state index contributed by atoms with van der Waals surface area (Å²) < 4.78 is 31.0. The molecular formula is C13H12F2N2O3. The van der Waals surface area contributed by atoms with E-state index in [0.717, 1.165) is 17.1 Å². The second-order valence-corrected chi connectivity index (χ2v) is 4.32. The van der Waals surface area contributed by atoms with Crippen molar-refractivity contribution in [1.82, 2.24) is 0 Å². The third-order valence-corrected chi connectivity index (χ3v) is 3.01. The standard InChI is InChI=1S/C13H12F2N2O3/c1-7-9(6-12(18)20-2)13(19)17(16-7)11-4-3-8(14)5-10(11)15/h3-5,9H,6H2,1-2H3. The van der Waals surface area contributed by atoms with Gasteiger partial charge in [-0.2, -0.15) is 10.1 Å². The molecule has 1 unspecified atom stereocenters. The lowest BCUT2D eigenvalue weighted by molar-refractivity contribution is -0.142. The molecule has 0 fully saturated rings. The van der Waals surface area contributed by atoms with Crippen molar-refractivity contribution in [3.8, 4) is 0 Å². The average molecular weight is 282 g/mol. The van der Waals surface area contributed by atoms with E-state index < -0.39 is 29.4 Å². The number of hydrogen-bond acceptors (Lipinski definition) is 4. The van der Waals surface area contributed by atoms with Crippen LogP contribution in [0.4, 0.5) is 14.5 Å². The van der Waals surface area contributed by atoms with Gasteiger partial charge in [-0.25, -0.2) is 8.78 Å². The number of methoxy groups -OCH3 is 1. The molecule has 2 rings (SSSR count). The molecule has 0 saturated carbocycles. The van der Waals surface area contributed by atoms with Gasteiger partial charge < -0.3 is 4.74 Å². The molecule has 20 heavy (non-hydrogen) atoms. The highest BCUT2D eigenvalue weighted by molar-refractivity contribution is 6.16. The fraction of sp³-hybridized carbons (Fsp3) is 0.308. The number of esters is 1. The van der Waals surface area contributed by atoms with Crippen LogP contribution in [0.15, 0.2) is 23.3 Å². The highest BCUT2D eigenvalue weighted by atomic mass is 19.1. The van der Waals surface area contributed by atoms with Crippen LogP contribution < -0.4 is 5.01 Å². The zero-order valence-electron chi connectivity index (χ0n) is 10.9. The van der Waals surface area contributed by atoms with Crippen molar-refractivity contribution < 1.29 is 23.1 Å². The van der Waals surface area contributed by atoms with Crippen molar-refractivity contribution in [2.45, 2.75) is 13.3 Å². The summed E-state index contributed by atoms with van der Waals surface area (Å²) in [5.41, 5.74) is 0.229. The maximum absolute atomic E-state index is 13.7. The quantitative estimate of drug-likeness (QED) is 0.795. The number of carbonyl (C=O) groups excluding carboxylic acids is 2. The SMILES string of the molecule is COC(=O)CC1C(=O)N(c2ccc(F)cc2F)N=C1C. The summed E-state index contributed by atoms with van der Waals surface area (Å²) in [6.45, 7) is 1.56. The third-order valence-electron chi connectivity index (χ3n) is 3.01. The van der Waals surface area contributed by atoms with Gasteiger partial charge in [-0.05, 0) is 19.1 Å². The first-order valence-corrected chi connectivity index (χ1v) is 5.85. The Morgan fingerprint density at radius 3 is 2.75 bits per heavy atom. The van der Waals surface area contributed by atoms with E-state index in [2.05, 4.69) is 9.84 Å². The van der Waals surface area contributed by atoms with Gasteiger partial charge in [-0.3, -0.25) is 9.59 Å². The molecule has 106 valence electrons. The van der Waals surface area contributed by atoms with E-state index in [1.165, 1.54) is 7.11 Å². The molecule has 0 bridgehead atoms. The van der Waals surface area contributed by atoms with Gasteiger partial charge in [0.2, 0.25) is 0 Å². The van der Waals surface area contributed by atoms with Crippen molar-refractivity contribution in [2.24, 2.45) is 11.0 Å². The molecular weight excluding hydrogens is 270 g/mol. The van der Waals surface area contributed by atoms with E-state index in [1.54, 1.807) is 6.92 Å². The van der Waals surface area contributed by atoms with Crippen molar-refractivity contribution in [1.29, 1.82) is 0 Å². The molecule has 0 saturated heterocycles. The zero-order valence-corrected chi connectivity index (χ0v) is 10.9. The van der Waals surface area contributed by atoms with Crippen LogP contribution in [0.25, 0.3) is 0 Å². The molecule has 1 amide bonds. The molecule has 5 nitrogen and oxygen atoms in total. The summed E-state index contributed by atoms with van der Waals surface area (Å²) in [6, 6.07) is 2.82. The van der Waals surface area contributed by atoms with E-state index in [1.807, 2.05) is 0 Å². The number of rotatable bonds is 3. The van der Waals surface area contributed by atoms with Gasteiger partial charge >= 0.3 is 5.97 Å². The molecule has 0 aliphatic carbocycles. The number of ether oxygens (including phenoxy) is 1. The molecule has 1 heterocycles. The van der Waals surface area contributed by atoms with E-state index >= 15 is 0 Å². The first-order valence-electron chi connectivity index (χ1n) is 5.85. The number of nitrogens with zero attached hydrogens (tertiary/aromatic N) is 2. The number of amides is 1. The lowest BCUT2D eigenvalue weighted by Crippen LogP contribution is -2.29. The summed E-state index contributed by atoms with van der Waals surface area (Å²) in [5.74, 6) is -3.53. The highest BCUT2D eigenvalue weighted by Gasteiger charge is 2.37. The molecule has 1 aliphatic rings. The topological polar surface area (TPSA) is 59.0 Å². The second-order valence-electron chi connectivity index (χ2n) is 4.32. The number of hydrogen-bond donors (Lipinski definition) is 0. The minimum Gasteiger partial charge on any atom is -0.469 e. The van der Waals surface area contributed by atoms with Gasteiger partial charge in [0, 0.05) is 11.8 Å². The van der Waals surface area contributed by atoms with E-state index in [-0.39, 0.29) is 12.1 Å². The first kappa shape index (κ1) is 14.1. The summed E-state index contributed by atoms with van der Waals surface area (Å²) in [4.78, 5) is 23.4. The number of anilines is 1. The Kier molecular flexibility index (Phi) is 3.78. The summed E-state index contributed by atoms with van der Waals surface area (Å²) in [6.07, 6.45) is -0.163. The Balaban J connectivity index is 2.28. The predicted molar refractivity (Wildman–Crippen MR) is 67.1 cm³/mol. The number of halogens is 2. The van der Waals surface area contributed by atoms with Crippen LogP contribution in [-0.2, 0) is 14.3 Å². The second kappa shape index (κ2) is 5.36. The lowest BCUT2D eigenvalue weighted by atomic mass is 10.0. The molecule has 1 aromatic carbocycles. The normalized spacial score (nSPS) is 18.2. The molecule has 0 N–H and O–H groups in total. The Hall–Kier alpha value is -2.31. The van der Waals surface area contributed by atoms with Gasteiger partial charge in [0.1, 0.15) is 11.5 Å². The van der Waals surface area contributed by atoms with Crippen LogP contribution in [0.2, 0.25) is 0 Å². The predicted octanol–water partition coefficient (Wildman–Crippen LogP) is 1.87. The van der Waals surface area contributed by atoms with Gasteiger partial charge in [-0.1, -0.05) is 0 Å². The van der Waals surface area contributed by atoms with E-state index in [4.69, 9.17) is 0 Å². The molecule has 7 heteroatoms. The van der Waals surface area contributed by atoms with Crippen molar-refractivity contribution in [3.63, 3.8) is 0 Å². The van der Waals surface area contributed by atoms with Crippen molar-refractivity contribution in [2.75, 3.05) is 12.1 Å². The Bertz CT molecular complexity index is 601. The Morgan fingerprint density at radius 2 is 2.15 bits per heavy atom. The highest BCUT2D eigenvalue weighted by Crippen LogP contribution is 2.28. The minimum atomic E-state index is -0.895. The summed E-state index contributed by atoms with van der Waals surface area (Å²) >= 11 is 0. The van der Waals surface area contributed by atoms with Gasteiger partial charge in [0.25, 0.3) is 5.91 Å². The number of carbonyl (C=O) groups is 2. The van der Waals surface area contributed by atoms with E-state index in [9.17, 15) is 18.4 Å². The van der Waals surface area contributed by atoms with Crippen LogP contribution in [0.5, 0.6) is 0 Å². The summed E-state index contributed by atoms with van der Waals surface area (Å²) in [5, 5.41) is 4.77. The minimum absolute atomic E-state index is 0.150. The maximum Gasteiger partial charge on any atom is 0.306 e. The molecule has 0 aromatic heterocycles. The van der Waals surface area contributed by atoms with Crippen LogP contribution >= 0.6 is 0 Å². The maximum atomic E-state index is 13.7. The zero-order chi connectivity index (χ0) is 14.9. The average Bonchev–Trinajstić information content (AvgIpc) is 2.66. The number of hydrazone groups is 1. The lowest BCUT2D eigenvalue weighted by Gasteiger charge is -2.14. The molecule has 0 radical (unpaired) electrons. The van der Waals surface area contributed by atoms with Crippen LogP contribution in [0, 0.1) is 17.6 Å². The smallest absolute Gasteiger partial charge is 0.306 e. The van der Waals surface area contributed by atoms with Gasteiger partial charge in [0.15, 0.2) is 5.82 Å². The molecule has 1 atom stereocenters. The van der Waals surface area contributed by atoms with Crippen LogP contribution in [-0.4, -0.2) is 24.7 Å². The third kappa shape index (κ3) is 2.52. The van der Waals surface area contributed by atoms with Crippen molar-refractivity contribution >= 4 is 23.3 Å². The Morgan fingerprint density at radius 1 is 1.45 bits per heavy atom. The van der Waals surface area contributed by atoms with Gasteiger partial charge in [-0.15, -0.1) is 0 Å². The summed E-state index contributed by atoms with van der Waals surface area (Å²) in [7, 11) is 1.21. The molecule has 1 aromatic rings. The van der Waals surface area contributed by atoms with Gasteiger partial charge in [0.05, 0.1) is 19.4 Å².